The Morgan fingerprint density at radius 3 is 2.03 bits per heavy atom. The molecular weight excluding hydrogens is 484 g/mol. The molecule has 2 aromatic carbocycles. The molecule has 0 aromatic heterocycles. The highest BCUT2D eigenvalue weighted by Gasteiger charge is 2.51. The summed E-state index contributed by atoms with van der Waals surface area (Å²) in [5, 5.41) is 1.77. The van der Waals surface area contributed by atoms with Crippen molar-refractivity contribution in [2.75, 3.05) is 6.61 Å². The number of ether oxygens (including phenoxy) is 1. The molecule has 1 amide bonds. The van der Waals surface area contributed by atoms with E-state index in [4.69, 9.17) is 0 Å². The zero-order chi connectivity index (χ0) is 22.5. The summed E-state index contributed by atoms with van der Waals surface area (Å²) in [5.41, 5.74) is -0.435. The lowest BCUT2D eigenvalue weighted by Crippen LogP contribution is -2.44. The van der Waals surface area contributed by atoms with Gasteiger partial charge in [-0.15, -0.1) is 0 Å². The minimum Gasteiger partial charge on any atom is -0.440 e. The number of halogens is 7. The van der Waals surface area contributed by atoms with Gasteiger partial charge in [0.05, 0.1) is 6.04 Å². The highest BCUT2D eigenvalue weighted by Crippen LogP contribution is 2.40. The molecule has 0 fully saturated rings. The van der Waals surface area contributed by atoms with E-state index in [-0.39, 0.29) is 15.6 Å². The van der Waals surface area contributed by atoms with Crippen LogP contribution in [0, 0.1) is 5.92 Å². The van der Waals surface area contributed by atoms with Gasteiger partial charge in [0.1, 0.15) is 5.92 Å². The van der Waals surface area contributed by atoms with Crippen LogP contribution in [0.15, 0.2) is 59.1 Å². The van der Waals surface area contributed by atoms with Crippen molar-refractivity contribution in [1.82, 2.24) is 5.32 Å². The van der Waals surface area contributed by atoms with E-state index in [1.807, 2.05) is 0 Å². The van der Waals surface area contributed by atoms with Gasteiger partial charge in [0.2, 0.25) is 0 Å². The van der Waals surface area contributed by atoms with Gasteiger partial charge < -0.3 is 10.1 Å². The molecule has 2 rings (SSSR count). The highest BCUT2D eigenvalue weighted by atomic mass is 79.9. The molecule has 0 heterocycles. The van der Waals surface area contributed by atoms with Gasteiger partial charge in [-0.2, -0.15) is 26.3 Å². The number of hydrogen-bond donors (Lipinski definition) is 1. The van der Waals surface area contributed by atoms with Crippen LogP contribution in [0.2, 0.25) is 0 Å². The lowest BCUT2D eigenvalue weighted by Gasteiger charge is -2.29. The second-order valence-electron chi connectivity index (χ2n) is 6.08. The van der Waals surface area contributed by atoms with Gasteiger partial charge in [-0.25, -0.2) is 4.79 Å². The van der Waals surface area contributed by atoms with Crippen LogP contribution >= 0.6 is 15.9 Å². The van der Waals surface area contributed by atoms with Crippen LogP contribution in [-0.4, -0.2) is 30.8 Å². The average Bonchev–Trinajstić information content (AvgIpc) is 2.65. The minimum atomic E-state index is -5.13. The van der Waals surface area contributed by atoms with E-state index in [9.17, 15) is 35.9 Å². The number of ketones is 1. The van der Waals surface area contributed by atoms with Gasteiger partial charge in [0.15, 0.2) is 12.4 Å². The van der Waals surface area contributed by atoms with E-state index in [2.05, 4.69) is 20.7 Å². The summed E-state index contributed by atoms with van der Waals surface area (Å²) in [4.78, 5) is 24.6. The molecule has 0 aliphatic carbocycles. The first-order chi connectivity index (χ1) is 13.9. The van der Waals surface area contributed by atoms with Crippen LogP contribution in [0.4, 0.5) is 31.1 Å². The summed E-state index contributed by atoms with van der Waals surface area (Å²) in [6.07, 6.45) is -11.8. The second-order valence-corrected chi connectivity index (χ2v) is 6.94. The molecule has 0 spiro atoms. The van der Waals surface area contributed by atoms with Crippen molar-refractivity contribution in [3.05, 3.63) is 70.2 Å². The Kier molecular flexibility index (Phi) is 7.51. The molecule has 2 aromatic rings. The molecule has 0 bridgehead atoms. The summed E-state index contributed by atoms with van der Waals surface area (Å²) in [5.74, 6) is -4.14. The van der Waals surface area contributed by atoms with Crippen LogP contribution in [0.5, 0.6) is 0 Å². The lowest BCUT2D eigenvalue weighted by molar-refractivity contribution is -0.170. The molecule has 2 unspecified atom stereocenters. The third-order valence-electron chi connectivity index (χ3n) is 3.91. The predicted molar refractivity (Wildman–Crippen MR) is 97.7 cm³/mol. The first kappa shape index (κ1) is 23.7. The highest BCUT2D eigenvalue weighted by molar-refractivity contribution is 9.10. The average molecular weight is 498 g/mol. The number of nitrogens with one attached hydrogen (secondary N) is 1. The molecule has 0 saturated carbocycles. The fourth-order valence-electron chi connectivity index (χ4n) is 2.65. The van der Waals surface area contributed by atoms with Crippen molar-refractivity contribution in [3.8, 4) is 0 Å². The standard InChI is InChI=1S/C19H14BrF6NO3/c20-13-9-5-4-8-12(13)15(27-17(29)30-10-18(21,22)23)14(19(24,25)26)16(28)11-6-2-1-3-7-11/h1-9,14-15H,10H2,(H,27,29). The monoisotopic (exact) mass is 497 g/mol. The number of rotatable bonds is 6. The van der Waals surface area contributed by atoms with Crippen molar-refractivity contribution in [2.45, 2.75) is 18.4 Å². The summed E-state index contributed by atoms with van der Waals surface area (Å²) in [7, 11) is 0. The van der Waals surface area contributed by atoms with Crippen LogP contribution < -0.4 is 5.32 Å². The smallest absolute Gasteiger partial charge is 0.422 e. The summed E-state index contributed by atoms with van der Waals surface area (Å²) in [6, 6.07) is 9.91. The zero-order valence-corrected chi connectivity index (χ0v) is 16.5. The van der Waals surface area contributed by atoms with E-state index in [1.54, 1.807) is 5.32 Å². The third kappa shape index (κ3) is 6.48. The van der Waals surface area contributed by atoms with Crippen molar-refractivity contribution in [3.63, 3.8) is 0 Å². The van der Waals surface area contributed by atoms with E-state index in [0.29, 0.717) is 0 Å². The molecule has 0 radical (unpaired) electrons. The van der Waals surface area contributed by atoms with Gasteiger partial charge in [-0.05, 0) is 11.6 Å². The maximum atomic E-state index is 13.9. The van der Waals surface area contributed by atoms with Gasteiger partial charge in [0, 0.05) is 10.0 Å². The Balaban J connectivity index is 2.47. The topological polar surface area (TPSA) is 55.4 Å². The first-order valence-corrected chi connectivity index (χ1v) is 9.10. The minimum absolute atomic E-state index is 0.112. The van der Waals surface area contributed by atoms with Crippen molar-refractivity contribution < 1.29 is 40.7 Å². The Morgan fingerprint density at radius 1 is 0.933 bits per heavy atom. The summed E-state index contributed by atoms with van der Waals surface area (Å²) in [6.45, 7) is -2.00. The van der Waals surface area contributed by atoms with E-state index < -0.39 is 42.8 Å². The Bertz CT molecular complexity index is 886. The fourth-order valence-corrected chi connectivity index (χ4v) is 3.19. The molecule has 0 aliphatic rings. The molecule has 30 heavy (non-hydrogen) atoms. The van der Waals surface area contributed by atoms with Crippen LogP contribution in [0.1, 0.15) is 22.0 Å². The predicted octanol–water partition coefficient (Wildman–Crippen LogP) is 5.84. The van der Waals surface area contributed by atoms with Crippen molar-refractivity contribution in [2.24, 2.45) is 5.92 Å². The number of amides is 1. The maximum Gasteiger partial charge on any atom is 0.422 e. The van der Waals surface area contributed by atoms with E-state index >= 15 is 0 Å². The van der Waals surface area contributed by atoms with Gasteiger partial charge in [-0.3, -0.25) is 4.79 Å². The normalized spacial score (nSPS) is 14.0. The molecule has 1 N–H and O–H groups in total. The summed E-state index contributed by atoms with van der Waals surface area (Å²) >= 11 is 3.05. The van der Waals surface area contributed by atoms with Crippen LogP contribution in [0.25, 0.3) is 0 Å². The Morgan fingerprint density at radius 2 is 1.50 bits per heavy atom. The van der Waals surface area contributed by atoms with Gasteiger partial charge >= 0.3 is 18.4 Å². The molecule has 2 atom stereocenters. The second kappa shape index (κ2) is 9.50. The lowest BCUT2D eigenvalue weighted by atomic mass is 9.86. The molecule has 162 valence electrons. The Labute approximate surface area is 175 Å². The van der Waals surface area contributed by atoms with Crippen molar-refractivity contribution >= 4 is 27.8 Å². The number of carbonyl (C=O) groups is 2. The molecular formula is C19H14BrF6NO3. The number of Topliss-reactive ketones (excluding diaryl/α,β-unsaturated/α-hetero) is 1. The number of benzene rings is 2. The van der Waals surface area contributed by atoms with Gasteiger partial charge in [-0.1, -0.05) is 64.5 Å². The van der Waals surface area contributed by atoms with E-state index in [0.717, 1.165) is 0 Å². The SMILES string of the molecule is O=C(NC(c1ccccc1Br)C(C(=O)c1ccccc1)C(F)(F)F)OCC(F)(F)F. The van der Waals surface area contributed by atoms with E-state index in [1.165, 1.54) is 54.6 Å². The van der Waals surface area contributed by atoms with Crippen molar-refractivity contribution in [1.29, 1.82) is 0 Å². The summed E-state index contributed by atoms with van der Waals surface area (Å²) < 4.78 is 82.8. The number of carbonyl (C=O) groups excluding carboxylic acids is 2. The maximum absolute atomic E-state index is 13.9. The first-order valence-electron chi connectivity index (χ1n) is 8.30. The van der Waals surface area contributed by atoms with Crippen LogP contribution in [0.3, 0.4) is 0 Å². The zero-order valence-electron chi connectivity index (χ0n) is 14.9. The Hall–Kier alpha value is -2.56. The number of alkyl halides is 6. The number of hydrogen-bond acceptors (Lipinski definition) is 3. The third-order valence-corrected chi connectivity index (χ3v) is 4.63. The molecule has 0 aliphatic heterocycles. The van der Waals surface area contributed by atoms with Crippen LogP contribution in [-0.2, 0) is 4.74 Å². The molecule has 4 nitrogen and oxygen atoms in total. The largest absolute Gasteiger partial charge is 0.440 e. The molecule has 11 heteroatoms. The number of alkyl carbamates (subject to hydrolysis) is 1. The molecule has 0 saturated heterocycles. The fraction of sp³-hybridized carbons (Fsp3) is 0.263. The quantitative estimate of drug-likeness (QED) is 0.403. The van der Waals surface area contributed by atoms with Gasteiger partial charge in [0.25, 0.3) is 0 Å².